The molecule has 3 unspecified atom stereocenters. The zero-order valence-corrected chi connectivity index (χ0v) is 8.57. The van der Waals surface area contributed by atoms with Crippen molar-refractivity contribution in [2.75, 3.05) is 0 Å². The van der Waals surface area contributed by atoms with E-state index in [1.807, 2.05) is 0 Å². The van der Waals surface area contributed by atoms with Crippen LogP contribution in [0.2, 0.25) is 0 Å². The minimum absolute atomic E-state index is 0.428. The van der Waals surface area contributed by atoms with Crippen LogP contribution in [0.3, 0.4) is 0 Å². The molecule has 0 aliphatic heterocycles. The molecule has 1 rings (SSSR count). The van der Waals surface area contributed by atoms with Gasteiger partial charge in [0.2, 0.25) is 0 Å². The van der Waals surface area contributed by atoms with Gasteiger partial charge in [0.05, 0.1) is 5.60 Å². The van der Waals surface area contributed by atoms with Gasteiger partial charge in [0.25, 0.3) is 0 Å². The summed E-state index contributed by atoms with van der Waals surface area (Å²) in [6, 6.07) is 0. The van der Waals surface area contributed by atoms with Crippen molar-refractivity contribution in [3.05, 3.63) is 23.8 Å². The highest BCUT2D eigenvalue weighted by Gasteiger charge is 2.41. The minimum atomic E-state index is -1.20. The zero-order chi connectivity index (χ0) is 10.1. The molecule has 0 saturated carbocycles. The Morgan fingerprint density at radius 3 is 2.77 bits per heavy atom. The molecule has 0 fully saturated rings. The highest BCUT2D eigenvalue weighted by Crippen LogP contribution is 2.32. The molecular formula is C9H12O3P+. The first kappa shape index (κ1) is 10.3. The molecule has 3 nitrogen and oxygen atoms in total. The first-order valence-electron chi connectivity index (χ1n) is 3.99. The van der Waals surface area contributed by atoms with Crippen molar-refractivity contribution in [1.29, 1.82) is 0 Å². The van der Waals surface area contributed by atoms with Crippen LogP contribution in [-0.4, -0.2) is 16.2 Å². The first-order valence-corrected chi connectivity index (χ1v) is 4.90. The third kappa shape index (κ3) is 1.93. The van der Waals surface area contributed by atoms with E-state index >= 15 is 0 Å². The van der Waals surface area contributed by atoms with Crippen LogP contribution in [0.25, 0.3) is 0 Å². The molecule has 3 atom stereocenters. The summed E-state index contributed by atoms with van der Waals surface area (Å²) in [6.07, 6.45) is 5.00. The molecule has 0 spiro atoms. The van der Waals surface area contributed by atoms with E-state index in [4.69, 9.17) is 0 Å². The van der Waals surface area contributed by atoms with Crippen LogP contribution in [0.5, 0.6) is 0 Å². The van der Waals surface area contributed by atoms with Crippen LogP contribution < -0.4 is 0 Å². The molecule has 1 aliphatic carbocycles. The van der Waals surface area contributed by atoms with Gasteiger partial charge in [-0.2, -0.15) is 0 Å². The van der Waals surface area contributed by atoms with Crippen molar-refractivity contribution in [2.45, 2.75) is 19.4 Å². The van der Waals surface area contributed by atoms with Gasteiger partial charge < -0.3 is 5.11 Å². The molecule has 1 aliphatic rings. The molecule has 0 aromatic rings. The third-order valence-electron chi connectivity index (χ3n) is 2.20. The smallest absolute Gasteiger partial charge is 0.385 e. The molecule has 70 valence electrons. The van der Waals surface area contributed by atoms with E-state index < -0.39 is 25.5 Å². The highest BCUT2D eigenvalue weighted by atomic mass is 31.1. The lowest BCUT2D eigenvalue weighted by molar-refractivity contribution is -0.118. The van der Waals surface area contributed by atoms with E-state index in [1.54, 1.807) is 32.1 Å². The molecule has 0 amide bonds. The van der Waals surface area contributed by atoms with E-state index in [0.717, 1.165) is 5.57 Å². The van der Waals surface area contributed by atoms with Gasteiger partial charge >= 0.3 is 14.0 Å². The summed E-state index contributed by atoms with van der Waals surface area (Å²) >= 11 is 0. The largest absolute Gasteiger partial charge is 0.401 e. The van der Waals surface area contributed by atoms with Crippen LogP contribution in [0.1, 0.15) is 13.8 Å². The highest BCUT2D eigenvalue weighted by molar-refractivity contribution is 7.46. The Morgan fingerprint density at radius 2 is 2.31 bits per heavy atom. The van der Waals surface area contributed by atoms with Crippen molar-refractivity contribution in [2.24, 2.45) is 5.92 Å². The van der Waals surface area contributed by atoms with Gasteiger partial charge in [-0.15, -0.1) is 0 Å². The van der Waals surface area contributed by atoms with Gasteiger partial charge in [-0.3, -0.25) is 0 Å². The van der Waals surface area contributed by atoms with Crippen molar-refractivity contribution in [1.82, 2.24) is 0 Å². The Balaban J connectivity index is 3.05. The number of carbonyl (C=O) groups is 1. The lowest BCUT2D eigenvalue weighted by Crippen LogP contribution is -2.38. The standard InChI is InChI=1S/C9H11O3P/c1-6-4-3-5-9(2,11)7(6)8(10)13-12/h3-5,7,11H,1-2H3/p+1. The number of carbonyl (C=O) groups excluding carboxylic acids is 1. The third-order valence-corrected chi connectivity index (χ3v) is 2.69. The summed E-state index contributed by atoms with van der Waals surface area (Å²) in [5, 5.41) is 9.82. The fraction of sp³-hybridized carbons (Fsp3) is 0.444. The maximum atomic E-state index is 11.3. The van der Waals surface area contributed by atoms with Crippen LogP contribution in [0.15, 0.2) is 23.8 Å². The average Bonchev–Trinajstić information content (AvgIpc) is 2.02. The molecule has 4 heteroatoms. The summed E-state index contributed by atoms with van der Waals surface area (Å²) < 4.78 is 10.5. The summed E-state index contributed by atoms with van der Waals surface area (Å²) in [7, 11) is -1.01. The van der Waals surface area contributed by atoms with Crippen LogP contribution in [0.4, 0.5) is 0 Å². The van der Waals surface area contributed by atoms with Gasteiger partial charge in [-0.1, -0.05) is 28.4 Å². The molecule has 1 N–H and O–H groups in total. The summed E-state index contributed by atoms with van der Waals surface area (Å²) in [4.78, 5) is 11.3. The molecule has 0 radical (unpaired) electrons. The second kappa shape index (κ2) is 3.52. The fourth-order valence-corrected chi connectivity index (χ4v) is 2.22. The Bertz CT molecular complexity index is 302. The Hall–Kier alpha value is -0.790. The summed E-state index contributed by atoms with van der Waals surface area (Å²) in [5.41, 5.74) is -0.878. The number of hydrogen-bond donors (Lipinski definition) is 1. The predicted octanol–water partition coefficient (Wildman–Crippen LogP) is 1.42. The lowest BCUT2D eigenvalue weighted by atomic mass is 9.81. The summed E-state index contributed by atoms with van der Waals surface area (Å²) in [5.74, 6) is -0.659. The van der Waals surface area contributed by atoms with Crippen molar-refractivity contribution >= 4 is 14.0 Å². The fourth-order valence-electron chi connectivity index (χ4n) is 1.58. The quantitative estimate of drug-likeness (QED) is 0.684. The topological polar surface area (TPSA) is 54.4 Å². The van der Waals surface area contributed by atoms with Crippen molar-refractivity contribution < 1.29 is 14.5 Å². The van der Waals surface area contributed by atoms with E-state index in [-0.39, 0.29) is 0 Å². The van der Waals surface area contributed by atoms with Gasteiger partial charge in [-0.25, -0.2) is 4.79 Å². The van der Waals surface area contributed by atoms with Gasteiger partial charge in [0, 0.05) is 0 Å². The minimum Gasteiger partial charge on any atom is -0.385 e. The Labute approximate surface area is 78.3 Å². The SMILES string of the molecule is CC1=CC=CC(C)(O)C1C(=O)[PH+]=O. The molecule has 0 heterocycles. The number of allylic oxidation sites excluding steroid dienone is 2. The van der Waals surface area contributed by atoms with Gasteiger partial charge in [-0.05, 0) is 13.8 Å². The van der Waals surface area contributed by atoms with E-state index in [0.29, 0.717) is 0 Å². The Morgan fingerprint density at radius 1 is 1.69 bits per heavy atom. The Kier molecular flexibility index (Phi) is 2.79. The van der Waals surface area contributed by atoms with Crippen LogP contribution in [0, 0.1) is 5.92 Å². The summed E-state index contributed by atoms with van der Waals surface area (Å²) in [6.45, 7) is 3.30. The van der Waals surface area contributed by atoms with E-state index in [2.05, 4.69) is 0 Å². The second-order valence-corrected chi connectivity index (χ2v) is 4.09. The molecule has 0 bridgehead atoms. The van der Waals surface area contributed by atoms with E-state index in [9.17, 15) is 14.5 Å². The average molecular weight is 199 g/mol. The molecule has 0 aromatic carbocycles. The van der Waals surface area contributed by atoms with Crippen LogP contribution in [-0.2, 0) is 9.36 Å². The van der Waals surface area contributed by atoms with Gasteiger partial charge in [0.15, 0.2) is 0 Å². The molecule has 0 aromatic heterocycles. The van der Waals surface area contributed by atoms with Crippen molar-refractivity contribution in [3.63, 3.8) is 0 Å². The van der Waals surface area contributed by atoms with Crippen molar-refractivity contribution in [3.8, 4) is 0 Å². The monoisotopic (exact) mass is 199 g/mol. The molecular weight excluding hydrogens is 187 g/mol. The van der Waals surface area contributed by atoms with Crippen LogP contribution >= 0.6 is 8.46 Å². The number of hydrogen-bond acceptors (Lipinski definition) is 3. The maximum Gasteiger partial charge on any atom is 0.401 e. The lowest BCUT2D eigenvalue weighted by Gasteiger charge is -2.28. The maximum absolute atomic E-state index is 11.3. The number of rotatable bonds is 2. The second-order valence-electron chi connectivity index (χ2n) is 3.39. The number of aliphatic hydroxyl groups is 1. The molecule has 13 heavy (non-hydrogen) atoms. The predicted molar refractivity (Wildman–Crippen MR) is 51.0 cm³/mol. The van der Waals surface area contributed by atoms with Gasteiger partial charge in [0.1, 0.15) is 5.92 Å². The normalized spacial score (nSPS) is 33.2. The molecule has 0 saturated heterocycles. The zero-order valence-electron chi connectivity index (χ0n) is 7.57. The first-order chi connectivity index (χ1) is 5.99. The van der Waals surface area contributed by atoms with E-state index in [1.165, 1.54) is 0 Å².